The Bertz CT molecular complexity index is 434. The van der Waals surface area contributed by atoms with Crippen molar-refractivity contribution in [1.82, 2.24) is 4.72 Å². The summed E-state index contributed by atoms with van der Waals surface area (Å²) >= 11 is 0. The second-order valence-corrected chi connectivity index (χ2v) is 5.78. The van der Waals surface area contributed by atoms with E-state index in [4.69, 9.17) is 5.11 Å². The van der Waals surface area contributed by atoms with Gasteiger partial charge in [-0.15, -0.1) is 0 Å². The van der Waals surface area contributed by atoms with E-state index in [1.165, 1.54) is 0 Å². The molecule has 1 aliphatic carbocycles. The molecule has 0 unspecified atom stereocenters. The summed E-state index contributed by atoms with van der Waals surface area (Å²) in [5.74, 6) is 0.184. The molecule has 0 aliphatic heterocycles. The first-order valence-corrected chi connectivity index (χ1v) is 6.39. The van der Waals surface area contributed by atoms with Crippen molar-refractivity contribution in [2.45, 2.75) is 24.6 Å². The topological polar surface area (TPSA) is 66.4 Å². The summed E-state index contributed by atoms with van der Waals surface area (Å²) in [5, 5.41) is 8.86. The van der Waals surface area contributed by atoms with Crippen molar-refractivity contribution in [3.05, 3.63) is 29.8 Å². The molecule has 0 atom stereocenters. The fourth-order valence-electron chi connectivity index (χ4n) is 1.29. The zero-order valence-corrected chi connectivity index (χ0v) is 9.00. The maximum absolute atomic E-state index is 11.5. The van der Waals surface area contributed by atoms with Gasteiger partial charge in [-0.3, -0.25) is 0 Å². The predicted octanol–water partition coefficient (Wildman–Crippen LogP) is 0.974. The van der Waals surface area contributed by atoms with E-state index in [9.17, 15) is 8.42 Å². The zero-order valence-electron chi connectivity index (χ0n) is 8.18. The Morgan fingerprint density at radius 3 is 2.40 bits per heavy atom. The van der Waals surface area contributed by atoms with Crippen LogP contribution < -0.4 is 4.72 Å². The number of aromatic hydroxyl groups is 1. The molecule has 0 bridgehead atoms. The number of nitrogens with one attached hydrogen (secondary N) is 1. The van der Waals surface area contributed by atoms with Gasteiger partial charge in [-0.1, -0.05) is 12.1 Å². The van der Waals surface area contributed by atoms with Crippen LogP contribution in [-0.4, -0.2) is 18.8 Å². The minimum atomic E-state index is -3.11. The molecule has 0 aromatic heterocycles. The Morgan fingerprint density at radius 1 is 1.27 bits per heavy atom. The Balaban J connectivity index is 1.95. The van der Waals surface area contributed by atoms with Crippen molar-refractivity contribution in [1.29, 1.82) is 0 Å². The monoisotopic (exact) mass is 227 g/mol. The van der Waals surface area contributed by atoms with E-state index in [1.54, 1.807) is 24.3 Å². The predicted molar refractivity (Wildman–Crippen MR) is 56.9 cm³/mol. The van der Waals surface area contributed by atoms with Crippen LogP contribution in [0, 0.1) is 0 Å². The van der Waals surface area contributed by atoms with Crippen LogP contribution in [0.4, 0.5) is 0 Å². The lowest BCUT2D eigenvalue weighted by molar-refractivity contribution is 0.475. The van der Waals surface area contributed by atoms with Gasteiger partial charge in [-0.25, -0.2) is 13.1 Å². The average Bonchev–Trinajstić information content (AvgIpc) is 3.00. The molecule has 5 heteroatoms. The third-order valence-corrected chi connectivity index (χ3v) is 4.27. The van der Waals surface area contributed by atoms with E-state index < -0.39 is 10.0 Å². The number of phenols is 1. The highest BCUT2D eigenvalue weighted by Gasteiger charge is 2.35. The summed E-state index contributed by atoms with van der Waals surface area (Å²) in [6, 6.07) is 6.48. The van der Waals surface area contributed by atoms with E-state index in [-0.39, 0.29) is 11.0 Å². The molecule has 15 heavy (non-hydrogen) atoms. The van der Waals surface area contributed by atoms with Gasteiger partial charge in [0.25, 0.3) is 0 Å². The Kier molecular flexibility index (Phi) is 2.67. The van der Waals surface area contributed by atoms with Gasteiger partial charge in [0.15, 0.2) is 0 Å². The molecule has 82 valence electrons. The molecule has 1 aliphatic rings. The first-order valence-electron chi connectivity index (χ1n) is 4.84. The number of sulfonamides is 1. The fraction of sp³-hybridized carbons (Fsp3) is 0.400. The molecule has 1 saturated carbocycles. The normalized spacial score (nSPS) is 16.5. The number of rotatable bonds is 4. The molecule has 4 nitrogen and oxygen atoms in total. The summed E-state index contributed by atoms with van der Waals surface area (Å²) < 4.78 is 25.5. The SMILES string of the molecule is O=S(=O)(NCc1ccc(O)cc1)C1CC1. The van der Waals surface area contributed by atoms with Crippen LogP contribution in [0.5, 0.6) is 5.75 Å². The van der Waals surface area contributed by atoms with E-state index in [0.29, 0.717) is 6.54 Å². The van der Waals surface area contributed by atoms with Gasteiger partial charge in [0.05, 0.1) is 5.25 Å². The first-order chi connectivity index (χ1) is 7.08. The second-order valence-electron chi connectivity index (χ2n) is 3.73. The molecular weight excluding hydrogens is 214 g/mol. The van der Waals surface area contributed by atoms with Crippen molar-refractivity contribution in [3.8, 4) is 5.75 Å². The van der Waals surface area contributed by atoms with Crippen LogP contribution in [0.25, 0.3) is 0 Å². The largest absolute Gasteiger partial charge is 0.508 e. The van der Waals surface area contributed by atoms with Gasteiger partial charge in [-0.2, -0.15) is 0 Å². The molecule has 1 aromatic carbocycles. The van der Waals surface area contributed by atoms with Crippen LogP contribution in [0.1, 0.15) is 18.4 Å². The molecule has 0 radical (unpaired) electrons. The highest BCUT2D eigenvalue weighted by Crippen LogP contribution is 2.27. The fourth-order valence-corrected chi connectivity index (χ4v) is 2.65. The number of hydrogen-bond acceptors (Lipinski definition) is 3. The lowest BCUT2D eigenvalue weighted by Gasteiger charge is -2.05. The number of hydrogen-bond donors (Lipinski definition) is 2. The Labute approximate surface area is 89.0 Å². The van der Waals surface area contributed by atoms with Crippen molar-refractivity contribution in [3.63, 3.8) is 0 Å². The lowest BCUT2D eigenvalue weighted by atomic mass is 10.2. The molecular formula is C10H13NO3S. The standard InChI is InChI=1S/C10H13NO3S/c12-9-3-1-8(2-4-9)7-11-15(13,14)10-5-6-10/h1-4,10-12H,5-7H2. The van der Waals surface area contributed by atoms with Gasteiger partial charge in [0.1, 0.15) is 5.75 Å². The molecule has 0 heterocycles. The molecule has 1 fully saturated rings. The second kappa shape index (κ2) is 3.83. The summed E-state index contributed by atoms with van der Waals surface area (Å²) in [6.45, 7) is 0.291. The lowest BCUT2D eigenvalue weighted by Crippen LogP contribution is -2.26. The van der Waals surface area contributed by atoms with E-state index >= 15 is 0 Å². The highest BCUT2D eigenvalue weighted by atomic mass is 32.2. The third kappa shape index (κ3) is 2.70. The zero-order chi connectivity index (χ0) is 10.9. The Morgan fingerprint density at radius 2 is 1.87 bits per heavy atom. The number of benzene rings is 1. The van der Waals surface area contributed by atoms with Crippen LogP contribution >= 0.6 is 0 Å². The smallest absolute Gasteiger partial charge is 0.214 e. The van der Waals surface area contributed by atoms with Crippen molar-refractivity contribution < 1.29 is 13.5 Å². The number of phenolic OH excluding ortho intramolecular Hbond substituents is 1. The van der Waals surface area contributed by atoms with Crippen molar-refractivity contribution in [2.24, 2.45) is 0 Å². The summed E-state index contributed by atoms with van der Waals surface area (Å²) in [5.41, 5.74) is 0.844. The molecule has 0 saturated heterocycles. The molecule has 2 rings (SSSR count). The van der Waals surface area contributed by atoms with Crippen LogP contribution in [0.2, 0.25) is 0 Å². The van der Waals surface area contributed by atoms with Gasteiger partial charge in [-0.05, 0) is 30.5 Å². The van der Waals surface area contributed by atoms with Gasteiger partial charge in [0, 0.05) is 6.54 Å². The third-order valence-electron chi connectivity index (χ3n) is 2.38. The van der Waals surface area contributed by atoms with Crippen molar-refractivity contribution in [2.75, 3.05) is 0 Å². The maximum atomic E-state index is 11.5. The minimum Gasteiger partial charge on any atom is -0.508 e. The van der Waals surface area contributed by atoms with Crippen LogP contribution in [0.3, 0.4) is 0 Å². The molecule has 2 N–H and O–H groups in total. The van der Waals surface area contributed by atoms with Crippen molar-refractivity contribution >= 4 is 10.0 Å². The van der Waals surface area contributed by atoms with E-state index in [0.717, 1.165) is 18.4 Å². The quantitative estimate of drug-likeness (QED) is 0.805. The summed E-state index contributed by atoms with van der Waals surface area (Å²) in [7, 11) is -3.11. The van der Waals surface area contributed by atoms with Crippen LogP contribution in [-0.2, 0) is 16.6 Å². The summed E-state index contributed by atoms with van der Waals surface area (Å²) in [6.07, 6.45) is 1.54. The maximum Gasteiger partial charge on any atom is 0.214 e. The Hall–Kier alpha value is -1.07. The van der Waals surface area contributed by atoms with E-state index in [2.05, 4.69) is 4.72 Å². The molecule has 1 aromatic rings. The molecule has 0 amide bonds. The average molecular weight is 227 g/mol. The highest BCUT2D eigenvalue weighted by molar-refractivity contribution is 7.90. The van der Waals surface area contributed by atoms with E-state index in [1.807, 2.05) is 0 Å². The molecule has 0 spiro atoms. The first kappa shape index (κ1) is 10.4. The summed E-state index contributed by atoms with van der Waals surface area (Å²) in [4.78, 5) is 0. The minimum absolute atomic E-state index is 0.184. The van der Waals surface area contributed by atoms with Gasteiger partial charge < -0.3 is 5.11 Å². The van der Waals surface area contributed by atoms with Crippen LogP contribution in [0.15, 0.2) is 24.3 Å². The van der Waals surface area contributed by atoms with Gasteiger partial charge >= 0.3 is 0 Å². The van der Waals surface area contributed by atoms with Gasteiger partial charge in [0.2, 0.25) is 10.0 Å².